The first-order valence-corrected chi connectivity index (χ1v) is 11.6. The molecule has 2 fully saturated rings. The van der Waals surface area contributed by atoms with Gasteiger partial charge in [-0.15, -0.1) is 13.2 Å². The predicted molar refractivity (Wildman–Crippen MR) is 118 cm³/mol. The van der Waals surface area contributed by atoms with Gasteiger partial charge in [0, 0.05) is 37.6 Å². The Labute approximate surface area is 198 Å². The van der Waals surface area contributed by atoms with Crippen molar-refractivity contribution >= 4 is 11.7 Å². The molecule has 1 aliphatic heterocycles. The van der Waals surface area contributed by atoms with Gasteiger partial charge in [-0.05, 0) is 43.2 Å². The van der Waals surface area contributed by atoms with Crippen molar-refractivity contribution < 1.29 is 22.7 Å². The molecular weight excluding hydrogens is 463 g/mol. The number of piperidine rings is 1. The van der Waals surface area contributed by atoms with E-state index in [1.54, 1.807) is 18.5 Å². The van der Waals surface area contributed by atoms with E-state index in [0.29, 0.717) is 23.2 Å². The zero-order valence-electron chi connectivity index (χ0n) is 19.0. The average Bonchev–Trinajstić information content (AvgIpc) is 3.26. The summed E-state index contributed by atoms with van der Waals surface area (Å²) in [4.78, 5) is 23.3. The smallest absolute Gasteiger partial charge is 0.387 e. The number of carbonyl (C=O) groups excluding carboxylic acids is 1. The van der Waals surface area contributed by atoms with Gasteiger partial charge in [-0.2, -0.15) is 10.1 Å². The Hall–Kier alpha value is -3.57. The topological polar surface area (TPSA) is 90.1 Å². The van der Waals surface area contributed by atoms with Gasteiger partial charge in [0.25, 0.3) is 5.91 Å². The van der Waals surface area contributed by atoms with Crippen LogP contribution in [0.25, 0.3) is 0 Å². The van der Waals surface area contributed by atoms with E-state index in [2.05, 4.69) is 25.1 Å². The van der Waals surface area contributed by atoms with E-state index in [0.717, 1.165) is 37.3 Å². The number of pyridine rings is 1. The number of aromatic nitrogens is 5. The Bertz CT molecular complexity index is 1270. The summed E-state index contributed by atoms with van der Waals surface area (Å²) >= 11 is 0. The summed E-state index contributed by atoms with van der Waals surface area (Å²) in [7, 11) is 1.92. The third-order valence-electron chi connectivity index (χ3n) is 7.06. The van der Waals surface area contributed by atoms with Crippen LogP contribution in [0.2, 0.25) is 0 Å². The maximum absolute atomic E-state index is 13.1. The molecule has 4 heterocycles. The van der Waals surface area contributed by atoms with E-state index < -0.39 is 12.2 Å². The van der Waals surface area contributed by atoms with Gasteiger partial charge in [-0.25, -0.2) is 4.98 Å². The molecule has 2 unspecified atom stereocenters. The summed E-state index contributed by atoms with van der Waals surface area (Å²) in [5.41, 5.74) is 2.50. The second kappa shape index (κ2) is 7.99. The number of alkyl halides is 3. The lowest BCUT2D eigenvalue weighted by atomic mass is 10.2. The monoisotopic (exact) mass is 487 g/mol. The van der Waals surface area contributed by atoms with Crippen molar-refractivity contribution in [2.24, 2.45) is 18.9 Å². The third kappa shape index (κ3) is 4.32. The van der Waals surface area contributed by atoms with Crippen molar-refractivity contribution in [3.05, 3.63) is 53.4 Å². The van der Waals surface area contributed by atoms with Crippen LogP contribution in [0.3, 0.4) is 0 Å². The molecule has 1 amide bonds. The van der Waals surface area contributed by atoms with Gasteiger partial charge >= 0.3 is 6.36 Å². The lowest BCUT2D eigenvalue weighted by Crippen LogP contribution is -2.27. The van der Waals surface area contributed by atoms with Gasteiger partial charge in [-0.3, -0.25) is 9.48 Å². The van der Waals surface area contributed by atoms with Gasteiger partial charge < -0.3 is 19.5 Å². The molecule has 0 bridgehead atoms. The first-order valence-electron chi connectivity index (χ1n) is 11.6. The van der Waals surface area contributed by atoms with Crippen molar-refractivity contribution in [3.63, 3.8) is 0 Å². The second-order valence-electron chi connectivity index (χ2n) is 9.52. The normalized spacial score (nSPS) is 22.7. The Kier molecular flexibility index (Phi) is 5.01. The summed E-state index contributed by atoms with van der Waals surface area (Å²) in [5, 5.41) is 7.14. The van der Waals surface area contributed by atoms with Crippen molar-refractivity contribution in [3.8, 4) is 5.88 Å². The molecule has 0 aromatic carbocycles. The van der Waals surface area contributed by atoms with Crippen LogP contribution in [0.1, 0.15) is 46.2 Å². The number of amides is 1. The highest BCUT2D eigenvalue weighted by molar-refractivity contribution is 5.94. The molecule has 1 saturated carbocycles. The number of rotatable bonds is 6. The number of imidazole rings is 1. The van der Waals surface area contributed by atoms with E-state index in [-0.39, 0.29) is 24.1 Å². The molecule has 2 aliphatic carbocycles. The van der Waals surface area contributed by atoms with E-state index in [1.165, 1.54) is 23.5 Å². The number of carbonyl (C=O) groups is 1. The molecule has 9 nitrogen and oxygen atoms in total. The van der Waals surface area contributed by atoms with Crippen LogP contribution in [0.15, 0.2) is 30.9 Å². The number of hydrogen-bond acceptors (Lipinski definition) is 6. The first-order chi connectivity index (χ1) is 16.7. The molecule has 3 aromatic rings. The maximum atomic E-state index is 13.1. The molecule has 3 atom stereocenters. The number of anilines is 1. The average molecular weight is 487 g/mol. The Morgan fingerprint density at radius 1 is 1.26 bits per heavy atom. The van der Waals surface area contributed by atoms with Crippen molar-refractivity contribution in [1.29, 1.82) is 0 Å². The minimum atomic E-state index is -4.87. The highest BCUT2D eigenvalue weighted by Gasteiger charge is 2.45. The molecule has 6 rings (SSSR count). The highest BCUT2D eigenvalue weighted by atomic mass is 19.4. The van der Waals surface area contributed by atoms with Crippen LogP contribution in [0, 0.1) is 11.8 Å². The zero-order chi connectivity index (χ0) is 24.3. The standard InChI is InChI=1S/C23H24F3N7O2/c1-31-12-27-20-17(3-4-18(20)31)29-21(34)16-7-28-33(11-16)10-13-2-5-19(30-22(13)35-23(24,25)26)32-8-14-6-15(14)9-32/h2,5,7,11-12,14-15,17H,3-4,6,8-10H2,1H3,(H,29,34)/t14?,15?,17-/m1/s1. The summed E-state index contributed by atoms with van der Waals surface area (Å²) < 4.78 is 46.9. The van der Waals surface area contributed by atoms with Crippen LogP contribution in [-0.4, -0.2) is 49.7 Å². The van der Waals surface area contributed by atoms with Crippen molar-refractivity contribution in [1.82, 2.24) is 29.6 Å². The molecule has 3 aliphatic rings. The van der Waals surface area contributed by atoms with E-state index in [4.69, 9.17) is 0 Å². The summed E-state index contributed by atoms with van der Waals surface area (Å²) in [6, 6.07) is 3.11. The molecule has 184 valence electrons. The molecule has 1 saturated heterocycles. The SMILES string of the molecule is Cn1cnc2c1CC[C@H]2NC(=O)c1cnn(Cc2ccc(N3CC4CC4C3)nc2OC(F)(F)F)c1. The van der Waals surface area contributed by atoms with E-state index in [9.17, 15) is 18.0 Å². The maximum Gasteiger partial charge on any atom is 0.574 e. The van der Waals surface area contributed by atoms with Gasteiger partial charge in [0.2, 0.25) is 5.88 Å². The van der Waals surface area contributed by atoms with Crippen LogP contribution < -0.4 is 15.0 Å². The lowest BCUT2D eigenvalue weighted by molar-refractivity contribution is -0.276. The quantitative estimate of drug-likeness (QED) is 0.575. The number of nitrogens with one attached hydrogen (secondary N) is 1. The fourth-order valence-electron chi connectivity index (χ4n) is 5.15. The van der Waals surface area contributed by atoms with Crippen LogP contribution >= 0.6 is 0 Å². The number of hydrogen-bond donors (Lipinski definition) is 1. The fraction of sp³-hybridized carbons (Fsp3) is 0.478. The summed E-state index contributed by atoms with van der Waals surface area (Å²) in [6.45, 7) is 1.59. The van der Waals surface area contributed by atoms with Crippen molar-refractivity contribution in [2.75, 3.05) is 18.0 Å². The Morgan fingerprint density at radius 2 is 2.06 bits per heavy atom. The fourth-order valence-corrected chi connectivity index (χ4v) is 5.15. The van der Waals surface area contributed by atoms with Crippen LogP contribution in [0.4, 0.5) is 19.0 Å². The van der Waals surface area contributed by atoms with Crippen LogP contribution in [-0.2, 0) is 20.0 Å². The number of halogens is 3. The predicted octanol–water partition coefficient (Wildman–Crippen LogP) is 2.83. The van der Waals surface area contributed by atoms with E-state index >= 15 is 0 Å². The summed E-state index contributed by atoms with van der Waals surface area (Å²) in [5.74, 6) is 0.903. The Morgan fingerprint density at radius 3 is 2.83 bits per heavy atom. The number of ether oxygens (including phenoxy) is 1. The van der Waals surface area contributed by atoms with Crippen molar-refractivity contribution in [2.45, 2.75) is 38.2 Å². The third-order valence-corrected chi connectivity index (χ3v) is 7.06. The molecule has 12 heteroatoms. The highest BCUT2D eigenvalue weighted by Crippen LogP contribution is 2.46. The lowest BCUT2D eigenvalue weighted by Gasteiger charge is -2.21. The van der Waals surface area contributed by atoms with Crippen LogP contribution in [0.5, 0.6) is 5.88 Å². The number of nitrogens with zero attached hydrogens (tertiary/aromatic N) is 6. The molecular formula is C23H24F3N7O2. The molecule has 35 heavy (non-hydrogen) atoms. The zero-order valence-corrected chi connectivity index (χ0v) is 19.0. The van der Waals surface area contributed by atoms with Gasteiger partial charge in [-0.1, -0.05) is 0 Å². The minimum absolute atomic E-state index is 0.0228. The number of aryl methyl sites for hydroxylation is 1. The minimum Gasteiger partial charge on any atom is -0.387 e. The molecule has 0 spiro atoms. The van der Waals surface area contributed by atoms with Gasteiger partial charge in [0.15, 0.2) is 0 Å². The second-order valence-corrected chi connectivity index (χ2v) is 9.52. The molecule has 0 radical (unpaired) electrons. The first kappa shape index (κ1) is 21.9. The Balaban J connectivity index is 1.17. The largest absolute Gasteiger partial charge is 0.574 e. The summed E-state index contributed by atoms with van der Waals surface area (Å²) in [6.07, 6.45) is 2.54. The van der Waals surface area contributed by atoms with Gasteiger partial charge in [0.1, 0.15) is 5.82 Å². The van der Waals surface area contributed by atoms with E-state index in [1.807, 2.05) is 16.5 Å². The molecule has 3 aromatic heterocycles. The van der Waals surface area contributed by atoms with Gasteiger partial charge in [0.05, 0.1) is 36.4 Å². The number of fused-ring (bicyclic) bond motifs is 2. The molecule has 1 N–H and O–H groups in total.